The number of rotatable bonds is 3. The standard InChI is InChI=1S/C13H19N3/c14-13-4-3-12(8-16-13)15-7-11-6-9-1-2-10(11)5-9/h3-4,8-11,15H,1-2,5-7H2,(H2,14,16). The van der Waals surface area contributed by atoms with Crippen LogP contribution < -0.4 is 11.1 Å². The van der Waals surface area contributed by atoms with Crippen LogP contribution in [0.5, 0.6) is 0 Å². The summed E-state index contributed by atoms with van der Waals surface area (Å²) >= 11 is 0. The summed E-state index contributed by atoms with van der Waals surface area (Å²) in [6.45, 7) is 1.10. The summed E-state index contributed by atoms with van der Waals surface area (Å²) in [6.07, 6.45) is 7.66. The molecule has 2 aliphatic rings. The zero-order chi connectivity index (χ0) is 11.0. The quantitative estimate of drug-likeness (QED) is 0.818. The van der Waals surface area contributed by atoms with Gasteiger partial charge in [-0.1, -0.05) is 6.42 Å². The maximum Gasteiger partial charge on any atom is 0.123 e. The summed E-state index contributed by atoms with van der Waals surface area (Å²) in [6, 6.07) is 3.86. The van der Waals surface area contributed by atoms with E-state index in [1.54, 1.807) is 0 Å². The highest BCUT2D eigenvalue weighted by atomic mass is 14.9. The van der Waals surface area contributed by atoms with Crippen molar-refractivity contribution in [2.45, 2.75) is 25.7 Å². The smallest absolute Gasteiger partial charge is 0.123 e. The second-order valence-electron chi connectivity index (χ2n) is 5.29. The van der Waals surface area contributed by atoms with Crippen LogP contribution in [-0.2, 0) is 0 Å². The molecule has 2 fully saturated rings. The summed E-state index contributed by atoms with van der Waals surface area (Å²) < 4.78 is 0. The molecule has 0 saturated heterocycles. The Morgan fingerprint density at radius 1 is 1.31 bits per heavy atom. The van der Waals surface area contributed by atoms with Crippen molar-refractivity contribution in [3.63, 3.8) is 0 Å². The van der Waals surface area contributed by atoms with E-state index in [2.05, 4.69) is 10.3 Å². The molecule has 0 radical (unpaired) electrons. The molecule has 0 aromatic carbocycles. The van der Waals surface area contributed by atoms with E-state index >= 15 is 0 Å². The Morgan fingerprint density at radius 3 is 2.88 bits per heavy atom. The van der Waals surface area contributed by atoms with E-state index < -0.39 is 0 Å². The normalized spacial score (nSPS) is 31.9. The number of nitrogen functional groups attached to an aromatic ring is 1. The predicted molar refractivity (Wildman–Crippen MR) is 66.1 cm³/mol. The molecular weight excluding hydrogens is 198 g/mol. The van der Waals surface area contributed by atoms with Crippen LogP contribution in [0.1, 0.15) is 25.7 Å². The first-order chi connectivity index (χ1) is 7.81. The van der Waals surface area contributed by atoms with Gasteiger partial charge in [0.1, 0.15) is 5.82 Å². The summed E-state index contributed by atoms with van der Waals surface area (Å²) in [5.41, 5.74) is 6.65. The minimum Gasteiger partial charge on any atom is -0.384 e. The number of pyridine rings is 1. The molecular formula is C13H19N3. The van der Waals surface area contributed by atoms with Gasteiger partial charge in [0.15, 0.2) is 0 Å². The summed E-state index contributed by atoms with van der Waals surface area (Å²) in [4.78, 5) is 4.09. The minimum atomic E-state index is 0.588. The van der Waals surface area contributed by atoms with Gasteiger partial charge in [0, 0.05) is 6.54 Å². The zero-order valence-electron chi connectivity index (χ0n) is 9.52. The molecule has 3 N–H and O–H groups in total. The topological polar surface area (TPSA) is 50.9 Å². The number of nitrogens with two attached hydrogens (primary N) is 1. The fraction of sp³-hybridized carbons (Fsp3) is 0.615. The molecule has 3 rings (SSSR count). The number of aromatic nitrogens is 1. The fourth-order valence-corrected chi connectivity index (χ4v) is 3.39. The number of nitrogens with one attached hydrogen (secondary N) is 1. The van der Waals surface area contributed by atoms with Gasteiger partial charge in [-0.05, 0) is 49.1 Å². The Kier molecular flexibility index (Phi) is 2.46. The van der Waals surface area contributed by atoms with Gasteiger partial charge in [0.25, 0.3) is 0 Å². The van der Waals surface area contributed by atoms with Crippen molar-refractivity contribution < 1.29 is 0 Å². The zero-order valence-corrected chi connectivity index (χ0v) is 9.52. The largest absolute Gasteiger partial charge is 0.384 e. The van der Waals surface area contributed by atoms with E-state index in [1.165, 1.54) is 25.7 Å². The molecule has 1 aromatic rings. The summed E-state index contributed by atoms with van der Waals surface area (Å²) in [5, 5.41) is 3.48. The number of anilines is 2. The van der Waals surface area contributed by atoms with E-state index in [4.69, 9.17) is 5.73 Å². The number of fused-ring (bicyclic) bond motifs is 2. The highest BCUT2D eigenvalue weighted by Gasteiger charge is 2.38. The molecule has 0 amide bonds. The van der Waals surface area contributed by atoms with Crippen molar-refractivity contribution in [1.82, 2.24) is 4.98 Å². The molecule has 2 aliphatic carbocycles. The molecule has 16 heavy (non-hydrogen) atoms. The Labute approximate surface area is 96.4 Å². The second-order valence-corrected chi connectivity index (χ2v) is 5.29. The van der Waals surface area contributed by atoms with E-state index in [1.807, 2.05) is 18.3 Å². The molecule has 3 unspecified atom stereocenters. The van der Waals surface area contributed by atoms with E-state index in [-0.39, 0.29) is 0 Å². The SMILES string of the molecule is Nc1ccc(NCC2CC3CCC2C3)cn1. The highest BCUT2D eigenvalue weighted by molar-refractivity contribution is 5.45. The lowest BCUT2D eigenvalue weighted by atomic mass is 9.89. The Bertz CT molecular complexity index is 360. The van der Waals surface area contributed by atoms with Crippen LogP contribution in [0.25, 0.3) is 0 Å². The lowest BCUT2D eigenvalue weighted by Crippen LogP contribution is -2.20. The average molecular weight is 217 g/mol. The van der Waals surface area contributed by atoms with Gasteiger partial charge < -0.3 is 11.1 Å². The second kappa shape index (κ2) is 3.96. The lowest BCUT2D eigenvalue weighted by Gasteiger charge is -2.22. The van der Waals surface area contributed by atoms with Crippen molar-refractivity contribution in [1.29, 1.82) is 0 Å². The Balaban J connectivity index is 1.55. The first kappa shape index (κ1) is 9.94. The first-order valence-corrected chi connectivity index (χ1v) is 6.26. The molecule has 3 heteroatoms. The van der Waals surface area contributed by atoms with Gasteiger partial charge in [0.05, 0.1) is 11.9 Å². The maximum atomic E-state index is 5.56. The van der Waals surface area contributed by atoms with Crippen LogP contribution in [0.3, 0.4) is 0 Å². The van der Waals surface area contributed by atoms with Crippen molar-refractivity contribution in [2.24, 2.45) is 17.8 Å². The molecule has 3 nitrogen and oxygen atoms in total. The van der Waals surface area contributed by atoms with Gasteiger partial charge in [-0.15, -0.1) is 0 Å². The van der Waals surface area contributed by atoms with Crippen LogP contribution in [0.15, 0.2) is 18.3 Å². The van der Waals surface area contributed by atoms with Crippen LogP contribution in [-0.4, -0.2) is 11.5 Å². The predicted octanol–water partition coefficient (Wildman–Crippen LogP) is 2.51. The van der Waals surface area contributed by atoms with Crippen LogP contribution in [0.4, 0.5) is 11.5 Å². The molecule has 0 spiro atoms. The van der Waals surface area contributed by atoms with Crippen molar-refractivity contribution in [3.8, 4) is 0 Å². The van der Waals surface area contributed by atoms with E-state index in [9.17, 15) is 0 Å². The number of hydrogen-bond acceptors (Lipinski definition) is 3. The van der Waals surface area contributed by atoms with Crippen LogP contribution >= 0.6 is 0 Å². The molecule has 2 bridgehead atoms. The van der Waals surface area contributed by atoms with E-state index in [0.717, 1.165) is 30.0 Å². The van der Waals surface area contributed by atoms with Gasteiger partial charge in [-0.2, -0.15) is 0 Å². The van der Waals surface area contributed by atoms with Crippen molar-refractivity contribution in [3.05, 3.63) is 18.3 Å². The number of hydrogen-bond donors (Lipinski definition) is 2. The lowest BCUT2D eigenvalue weighted by molar-refractivity contribution is 0.348. The maximum absolute atomic E-state index is 5.56. The molecule has 2 saturated carbocycles. The molecule has 1 heterocycles. The third-order valence-electron chi connectivity index (χ3n) is 4.24. The van der Waals surface area contributed by atoms with Gasteiger partial charge in [0.2, 0.25) is 0 Å². The first-order valence-electron chi connectivity index (χ1n) is 6.26. The van der Waals surface area contributed by atoms with Gasteiger partial charge >= 0.3 is 0 Å². The summed E-state index contributed by atoms with van der Waals surface area (Å²) in [5.74, 6) is 3.49. The van der Waals surface area contributed by atoms with Crippen LogP contribution in [0.2, 0.25) is 0 Å². The molecule has 86 valence electrons. The molecule has 1 aromatic heterocycles. The molecule has 0 aliphatic heterocycles. The van der Waals surface area contributed by atoms with E-state index in [0.29, 0.717) is 5.82 Å². The van der Waals surface area contributed by atoms with Gasteiger partial charge in [-0.25, -0.2) is 4.98 Å². The Morgan fingerprint density at radius 2 is 2.25 bits per heavy atom. The highest BCUT2D eigenvalue weighted by Crippen LogP contribution is 2.48. The number of nitrogens with zero attached hydrogens (tertiary/aromatic N) is 1. The average Bonchev–Trinajstić information content (AvgIpc) is 2.90. The minimum absolute atomic E-state index is 0.588. The summed E-state index contributed by atoms with van der Waals surface area (Å²) in [7, 11) is 0. The fourth-order valence-electron chi connectivity index (χ4n) is 3.39. The van der Waals surface area contributed by atoms with Crippen molar-refractivity contribution in [2.75, 3.05) is 17.6 Å². The third kappa shape index (κ3) is 1.86. The Hall–Kier alpha value is -1.25. The monoisotopic (exact) mass is 217 g/mol. The molecule has 3 atom stereocenters. The third-order valence-corrected chi connectivity index (χ3v) is 4.24. The van der Waals surface area contributed by atoms with Crippen LogP contribution in [0, 0.1) is 17.8 Å². The van der Waals surface area contributed by atoms with Crippen molar-refractivity contribution >= 4 is 11.5 Å². The van der Waals surface area contributed by atoms with Gasteiger partial charge in [-0.3, -0.25) is 0 Å².